The summed E-state index contributed by atoms with van der Waals surface area (Å²) in [4.78, 5) is 34.5. The van der Waals surface area contributed by atoms with E-state index in [4.69, 9.17) is 4.42 Å². The fourth-order valence-electron chi connectivity index (χ4n) is 2.31. The minimum Gasteiger partial charge on any atom is -0.426 e. The van der Waals surface area contributed by atoms with Crippen molar-refractivity contribution in [2.24, 2.45) is 0 Å². The molecular formula is C14H17NO4. The number of amides is 2. The van der Waals surface area contributed by atoms with E-state index in [-0.39, 0.29) is 12.2 Å². The highest BCUT2D eigenvalue weighted by Crippen LogP contribution is 2.19. The zero-order valence-corrected chi connectivity index (χ0v) is 11.0. The average molecular weight is 263 g/mol. The molecule has 0 bridgehead atoms. The molecule has 0 spiro atoms. The van der Waals surface area contributed by atoms with Gasteiger partial charge >= 0.3 is 5.63 Å². The third kappa shape index (κ3) is 3.10. The molecule has 1 aliphatic rings. The number of carbonyl (C=O) groups excluding carboxylic acids is 2. The van der Waals surface area contributed by atoms with Gasteiger partial charge in [0, 0.05) is 6.07 Å². The first-order valence-electron chi connectivity index (χ1n) is 6.62. The van der Waals surface area contributed by atoms with Gasteiger partial charge in [-0.1, -0.05) is 26.2 Å². The Kier molecular flexibility index (Phi) is 4.14. The van der Waals surface area contributed by atoms with E-state index in [2.05, 4.69) is 12.2 Å². The van der Waals surface area contributed by atoms with Crippen molar-refractivity contribution in [1.82, 2.24) is 5.32 Å². The van der Waals surface area contributed by atoms with Gasteiger partial charge < -0.3 is 4.42 Å². The molecule has 2 heterocycles. The molecule has 5 nitrogen and oxygen atoms in total. The maximum absolute atomic E-state index is 11.8. The highest BCUT2D eigenvalue weighted by molar-refractivity contribution is 6.09. The largest absolute Gasteiger partial charge is 0.426 e. The molecule has 0 aliphatic carbocycles. The third-order valence-electron chi connectivity index (χ3n) is 3.22. The minimum atomic E-state index is -0.494. The van der Waals surface area contributed by atoms with Crippen LogP contribution in [-0.4, -0.2) is 11.8 Å². The summed E-state index contributed by atoms with van der Waals surface area (Å²) >= 11 is 0. The van der Waals surface area contributed by atoms with Crippen molar-refractivity contribution in [2.75, 3.05) is 0 Å². The van der Waals surface area contributed by atoms with Crippen LogP contribution in [0, 0.1) is 0 Å². The van der Waals surface area contributed by atoms with Crippen LogP contribution in [0.1, 0.15) is 54.3 Å². The number of carbonyl (C=O) groups is 2. The van der Waals surface area contributed by atoms with Gasteiger partial charge in [-0.3, -0.25) is 14.9 Å². The first-order valence-corrected chi connectivity index (χ1v) is 6.62. The fraction of sp³-hybridized carbons (Fsp3) is 0.500. The van der Waals surface area contributed by atoms with Gasteiger partial charge in [0.2, 0.25) is 5.91 Å². The molecule has 2 rings (SSSR count). The van der Waals surface area contributed by atoms with Crippen LogP contribution in [0.3, 0.4) is 0 Å². The molecule has 2 amide bonds. The second-order valence-corrected chi connectivity index (χ2v) is 4.75. The molecule has 19 heavy (non-hydrogen) atoms. The van der Waals surface area contributed by atoms with Crippen LogP contribution in [0.2, 0.25) is 0 Å². The Labute approximate surface area is 111 Å². The topological polar surface area (TPSA) is 76.4 Å². The SMILES string of the molecule is CCCCCCc1cc(=O)oc2c1C(=O)NC(=O)C2. The summed E-state index contributed by atoms with van der Waals surface area (Å²) in [6.45, 7) is 2.12. The first kappa shape index (κ1) is 13.5. The number of aryl methyl sites for hydroxylation is 1. The van der Waals surface area contributed by atoms with Crippen molar-refractivity contribution in [2.45, 2.75) is 45.4 Å². The highest BCUT2D eigenvalue weighted by atomic mass is 16.4. The van der Waals surface area contributed by atoms with Gasteiger partial charge in [-0.15, -0.1) is 0 Å². The lowest BCUT2D eigenvalue weighted by atomic mass is 9.97. The highest BCUT2D eigenvalue weighted by Gasteiger charge is 2.27. The molecule has 0 saturated carbocycles. The molecule has 0 radical (unpaired) electrons. The minimum absolute atomic E-state index is 0.0425. The van der Waals surface area contributed by atoms with E-state index in [1.165, 1.54) is 6.07 Å². The summed E-state index contributed by atoms with van der Waals surface area (Å²) in [5.74, 6) is -0.684. The van der Waals surface area contributed by atoms with E-state index < -0.39 is 17.4 Å². The van der Waals surface area contributed by atoms with Gasteiger partial charge in [0.25, 0.3) is 5.91 Å². The number of unbranched alkanes of at least 4 members (excludes halogenated alkanes) is 3. The molecule has 1 aromatic rings. The summed E-state index contributed by atoms with van der Waals surface area (Å²) in [6, 6.07) is 1.36. The second-order valence-electron chi connectivity index (χ2n) is 4.75. The molecule has 0 saturated heterocycles. The summed E-state index contributed by atoms with van der Waals surface area (Å²) in [5, 5.41) is 2.26. The summed E-state index contributed by atoms with van der Waals surface area (Å²) in [5.41, 5.74) is 0.565. The Balaban J connectivity index is 2.26. The lowest BCUT2D eigenvalue weighted by Gasteiger charge is -2.16. The Bertz CT molecular complexity index is 559. The summed E-state index contributed by atoms with van der Waals surface area (Å²) < 4.78 is 4.97. The van der Waals surface area contributed by atoms with Crippen LogP contribution in [0.15, 0.2) is 15.3 Å². The third-order valence-corrected chi connectivity index (χ3v) is 3.22. The quantitative estimate of drug-likeness (QED) is 0.646. The van der Waals surface area contributed by atoms with Crippen molar-refractivity contribution in [3.05, 3.63) is 33.4 Å². The van der Waals surface area contributed by atoms with Crippen LogP contribution >= 0.6 is 0 Å². The van der Waals surface area contributed by atoms with Crippen LogP contribution < -0.4 is 10.9 Å². The molecule has 102 valence electrons. The number of hydrogen-bond donors (Lipinski definition) is 1. The van der Waals surface area contributed by atoms with Crippen LogP contribution in [0.4, 0.5) is 0 Å². The van der Waals surface area contributed by atoms with Crippen molar-refractivity contribution in [1.29, 1.82) is 0 Å². The van der Waals surface area contributed by atoms with E-state index in [1.807, 2.05) is 0 Å². The van der Waals surface area contributed by atoms with Crippen LogP contribution in [-0.2, 0) is 17.6 Å². The first-order chi connectivity index (χ1) is 9.11. The Hall–Kier alpha value is -1.91. The Morgan fingerprint density at radius 1 is 1.21 bits per heavy atom. The van der Waals surface area contributed by atoms with Crippen molar-refractivity contribution in [3.63, 3.8) is 0 Å². The zero-order valence-electron chi connectivity index (χ0n) is 11.0. The average Bonchev–Trinajstić information content (AvgIpc) is 2.33. The van der Waals surface area contributed by atoms with Crippen LogP contribution in [0.25, 0.3) is 0 Å². The number of rotatable bonds is 5. The zero-order chi connectivity index (χ0) is 13.8. The molecule has 1 aromatic heterocycles. The van der Waals surface area contributed by atoms with Gasteiger partial charge in [0.05, 0.1) is 12.0 Å². The van der Waals surface area contributed by atoms with E-state index in [9.17, 15) is 14.4 Å². The van der Waals surface area contributed by atoms with E-state index in [1.54, 1.807) is 0 Å². The summed E-state index contributed by atoms with van der Waals surface area (Å²) in [7, 11) is 0. The van der Waals surface area contributed by atoms with Gasteiger partial charge in [0.15, 0.2) is 0 Å². The maximum Gasteiger partial charge on any atom is 0.336 e. The molecule has 1 N–H and O–H groups in total. The van der Waals surface area contributed by atoms with Gasteiger partial charge in [-0.05, 0) is 18.4 Å². The second kappa shape index (κ2) is 5.82. The predicted molar refractivity (Wildman–Crippen MR) is 69.0 cm³/mol. The van der Waals surface area contributed by atoms with Gasteiger partial charge in [-0.25, -0.2) is 4.79 Å². The van der Waals surface area contributed by atoms with Crippen molar-refractivity contribution >= 4 is 11.8 Å². The molecule has 0 fully saturated rings. The number of imide groups is 1. The standard InChI is InChI=1S/C14H17NO4/c1-2-3-4-5-6-9-7-12(17)19-10-8-11(16)15-14(18)13(9)10/h7H,2-6,8H2,1H3,(H,15,16,18). The number of fused-ring (bicyclic) bond motifs is 1. The van der Waals surface area contributed by atoms with Crippen molar-refractivity contribution in [3.8, 4) is 0 Å². The molecule has 5 heteroatoms. The Morgan fingerprint density at radius 2 is 2.00 bits per heavy atom. The molecular weight excluding hydrogens is 246 g/mol. The van der Waals surface area contributed by atoms with Crippen molar-refractivity contribution < 1.29 is 14.0 Å². The number of hydrogen-bond acceptors (Lipinski definition) is 4. The Morgan fingerprint density at radius 3 is 2.74 bits per heavy atom. The van der Waals surface area contributed by atoms with Crippen LogP contribution in [0.5, 0.6) is 0 Å². The lowest BCUT2D eigenvalue weighted by molar-refractivity contribution is -0.120. The van der Waals surface area contributed by atoms with E-state index in [0.29, 0.717) is 17.5 Å². The normalized spacial score (nSPS) is 14.2. The molecule has 0 unspecified atom stereocenters. The fourth-order valence-corrected chi connectivity index (χ4v) is 2.31. The summed E-state index contributed by atoms with van der Waals surface area (Å²) in [6.07, 6.45) is 4.87. The van der Waals surface area contributed by atoms with E-state index in [0.717, 1.165) is 25.7 Å². The van der Waals surface area contributed by atoms with E-state index >= 15 is 0 Å². The predicted octanol–water partition coefficient (Wildman–Crippen LogP) is 1.58. The monoisotopic (exact) mass is 263 g/mol. The molecule has 1 aliphatic heterocycles. The molecule has 0 atom stereocenters. The number of nitrogens with one attached hydrogen (secondary N) is 1. The molecule has 0 aromatic carbocycles. The lowest BCUT2D eigenvalue weighted by Crippen LogP contribution is -2.38. The van der Waals surface area contributed by atoms with Gasteiger partial charge in [0.1, 0.15) is 5.76 Å². The maximum atomic E-state index is 11.8. The van der Waals surface area contributed by atoms with Gasteiger partial charge in [-0.2, -0.15) is 0 Å². The smallest absolute Gasteiger partial charge is 0.336 e.